The summed E-state index contributed by atoms with van der Waals surface area (Å²) in [6.07, 6.45) is 7.82. The lowest BCUT2D eigenvalue weighted by Gasteiger charge is -2.16. The second-order valence-corrected chi connectivity index (χ2v) is 6.16. The van der Waals surface area contributed by atoms with Crippen LogP contribution in [-0.2, 0) is 4.79 Å². The molecule has 2 amide bonds. The highest BCUT2D eigenvalue weighted by Crippen LogP contribution is 2.16. The van der Waals surface area contributed by atoms with Gasteiger partial charge < -0.3 is 16.0 Å². The highest BCUT2D eigenvalue weighted by molar-refractivity contribution is 5.95. The van der Waals surface area contributed by atoms with Crippen LogP contribution >= 0.6 is 0 Å². The quantitative estimate of drug-likeness (QED) is 0.558. The molecule has 0 aliphatic heterocycles. The van der Waals surface area contributed by atoms with Gasteiger partial charge in [-0.05, 0) is 37.1 Å². The molecule has 5 heteroatoms. The molecule has 2 rings (SSSR count). The van der Waals surface area contributed by atoms with E-state index in [1.807, 2.05) is 0 Å². The third-order valence-electron chi connectivity index (χ3n) is 4.17. The first-order chi connectivity index (χ1) is 11.1. The number of benzene rings is 1. The third-order valence-corrected chi connectivity index (χ3v) is 4.17. The summed E-state index contributed by atoms with van der Waals surface area (Å²) in [5.74, 6) is -0.200. The van der Waals surface area contributed by atoms with Crippen molar-refractivity contribution in [2.45, 2.75) is 51.5 Å². The van der Waals surface area contributed by atoms with Gasteiger partial charge in [-0.3, -0.25) is 9.59 Å². The Hall–Kier alpha value is -1.88. The van der Waals surface area contributed by atoms with Crippen molar-refractivity contribution in [1.82, 2.24) is 10.6 Å². The lowest BCUT2D eigenvalue weighted by Crippen LogP contribution is -2.36. The molecule has 1 aromatic carbocycles. The summed E-state index contributed by atoms with van der Waals surface area (Å²) >= 11 is 0. The van der Waals surface area contributed by atoms with Gasteiger partial charge in [0.2, 0.25) is 5.91 Å². The van der Waals surface area contributed by atoms with Crippen molar-refractivity contribution < 1.29 is 9.59 Å². The first kappa shape index (κ1) is 17.5. The number of carbonyl (C=O) groups excluding carboxylic acids is 2. The van der Waals surface area contributed by atoms with E-state index in [-0.39, 0.29) is 11.8 Å². The normalized spacial score (nSPS) is 15.7. The number of rotatable bonds is 6. The smallest absolute Gasteiger partial charge is 0.251 e. The van der Waals surface area contributed by atoms with E-state index in [4.69, 9.17) is 0 Å². The molecule has 0 atom stereocenters. The average molecular weight is 317 g/mol. The summed E-state index contributed by atoms with van der Waals surface area (Å²) in [4.78, 5) is 23.0. The number of hydrogen-bond acceptors (Lipinski definition) is 3. The molecule has 0 aromatic heterocycles. The van der Waals surface area contributed by atoms with Crippen molar-refractivity contribution in [2.75, 3.05) is 18.4 Å². The maximum Gasteiger partial charge on any atom is 0.251 e. The van der Waals surface area contributed by atoms with Crippen LogP contribution in [0.1, 0.15) is 55.8 Å². The standard InChI is InChI=1S/C18H27N3O2/c1-14(22)21-17-10-8-15(9-11-17)18(23)20-13-12-19-16-6-4-2-3-5-7-16/h8-11,16,19H,2-7,12-13H2,1H3,(H,20,23)(H,21,22). The number of amides is 2. The van der Waals surface area contributed by atoms with Crippen molar-refractivity contribution in [3.63, 3.8) is 0 Å². The monoisotopic (exact) mass is 317 g/mol. The average Bonchev–Trinajstić information content (AvgIpc) is 2.80. The highest BCUT2D eigenvalue weighted by Gasteiger charge is 2.11. The van der Waals surface area contributed by atoms with E-state index in [0.717, 1.165) is 6.54 Å². The van der Waals surface area contributed by atoms with Crippen LogP contribution in [0.4, 0.5) is 5.69 Å². The van der Waals surface area contributed by atoms with E-state index < -0.39 is 0 Å². The van der Waals surface area contributed by atoms with Crippen LogP contribution < -0.4 is 16.0 Å². The van der Waals surface area contributed by atoms with E-state index in [1.54, 1.807) is 24.3 Å². The molecule has 23 heavy (non-hydrogen) atoms. The predicted molar refractivity (Wildman–Crippen MR) is 92.6 cm³/mol. The van der Waals surface area contributed by atoms with Crippen LogP contribution in [0.5, 0.6) is 0 Å². The Kier molecular flexibility index (Phi) is 7.07. The van der Waals surface area contributed by atoms with Crippen molar-refractivity contribution >= 4 is 17.5 Å². The fourth-order valence-electron chi connectivity index (χ4n) is 2.95. The largest absolute Gasteiger partial charge is 0.351 e. The zero-order valence-electron chi connectivity index (χ0n) is 13.9. The fraction of sp³-hybridized carbons (Fsp3) is 0.556. The molecule has 0 spiro atoms. The van der Waals surface area contributed by atoms with Crippen LogP contribution in [0.2, 0.25) is 0 Å². The van der Waals surface area contributed by atoms with Gasteiger partial charge in [0.05, 0.1) is 0 Å². The van der Waals surface area contributed by atoms with Crippen LogP contribution in [0.25, 0.3) is 0 Å². The summed E-state index contributed by atoms with van der Waals surface area (Å²) in [6.45, 7) is 2.89. The maximum atomic E-state index is 12.1. The van der Waals surface area contributed by atoms with E-state index in [0.29, 0.717) is 23.8 Å². The van der Waals surface area contributed by atoms with Crippen LogP contribution in [-0.4, -0.2) is 30.9 Å². The van der Waals surface area contributed by atoms with Gasteiger partial charge in [-0.25, -0.2) is 0 Å². The molecule has 0 unspecified atom stereocenters. The van der Waals surface area contributed by atoms with Gasteiger partial charge >= 0.3 is 0 Å². The van der Waals surface area contributed by atoms with Crippen molar-refractivity contribution in [3.05, 3.63) is 29.8 Å². The van der Waals surface area contributed by atoms with Crippen molar-refractivity contribution in [2.24, 2.45) is 0 Å². The summed E-state index contributed by atoms with van der Waals surface area (Å²) < 4.78 is 0. The first-order valence-corrected chi connectivity index (χ1v) is 8.54. The topological polar surface area (TPSA) is 70.2 Å². The Labute approximate surface area is 138 Å². The van der Waals surface area contributed by atoms with Gasteiger partial charge in [0.1, 0.15) is 0 Å². The lowest BCUT2D eigenvalue weighted by atomic mass is 10.1. The van der Waals surface area contributed by atoms with Crippen LogP contribution in [0, 0.1) is 0 Å². The Bertz CT molecular complexity index is 506. The predicted octanol–water partition coefficient (Wildman–Crippen LogP) is 2.69. The molecule has 3 N–H and O–H groups in total. The highest BCUT2D eigenvalue weighted by atomic mass is 16.2. The molecule has 1 aliphatic carbocycles. The minimum atomic E-state index is -0.119. The van der Waals surface area contributed by atoms with Crippen molar-refractivity contribution in [1.29, 1.82) is 0 Å². The summed E-state index contributed by atoms with van der Waals surface area (Å²) in [6, 6.07) is 7.52. The molecule has 1 saturated carbocycles. The van der Waals surface area contributed by atoms with Gasteiger partial charge in [-0.1, -0.05) is 25.7 Å². The van der Waals surface area contributed by atoms with E-state index >= 15 is 0 Å². The molecule has 1 aromatic rings. The third kappa shape index (κ3) is 6.40. The molecular formula is C18H27N3O2. The number of carbonyl (C=O) groups is 2. The maximum absolute atomic E-state index is 12.1. The van der Waals surface area contributed by atoms with Gasteiger partial charge in [-0.15, -0.1) is 0 Å². The molecule has 126 valence electrons. The lowest BCUT2D eigenvalue weighted by molar-refractivity contribution is -0.114. The molecule has 5 nitrogen and oxygen atoms in total. The van der Waals surface area contributed by atoms with Gasteiger partial charge in [-0.2, -0.15) is 0 Å². The van der Waals surface area contributed by atoms with Gasteiger partial charge in [0.15, 0.2) is 0 Å². The first-order valence-electron chi connectivity index (χ1n) is 8.54. The minimum absolute atomic E-state index is 0.0814. The molecule has 0 heterocycles. The molecular weight excluding hydrogens is 290 g/mol. The zero-order chi connectivity index (χ0) is 16.5. The van der Waals surface area contributed by atoms with Crippen LogP contribution in [0.15, 0.2) is 24.3 Å². The van der Waals surface area contributed by atoms with E-state index in [2.05, 4.69) is 16.0 Å². The van der Waals surface area contributed by atoms with E-state index in [9.17, 15) is 9.59 Å². The minimum Gasteiger partial charge on any atom is -0.351 e. The second-order valence-electron chi connectivity index (χ2n) is 6.16. The Balaban J connectivity index is 1.68. The number of anilines is 1. The summed E-state index contributed by atoms with van der Waals surface area (Å²) in [7, 11) is 0. The molecule has 1 aliphatic rings. The Morgan fingerprint density at radius 2 is 1.65 bits per heavy atom. The molecule has 0 saturated heterocycles. The number of nitrogens with one attached hydrogen (secondary N) is 3. The molecule has 0 radical (unpaired) electrons. The second kappa shape index (κ2) is 9.30. The fourth-order valence-corrected chi connectivity index (χ4v) is 2.95. The van der Waals surface area contributed by atoms with Gasteiger partial charge in [0.25, 0.3) is 5.91 Å². The molecule has 1 fully saturated rings. The van der Waals surface area contributed by atoms with Crippen LogP contribution in [0.3, 0.4) is 0 Å². The Morgan fingerprint density at radius 1 is 1.00 bits per heavy atom. The zero-order valence-corrected chi connectivity index (χ0v) is 13.9. The SMILES string of the molecule is CC(=O)Nc1ccc(C(=O)NCCNC2CCCCCC2)cc1. The summed E-state index contributed by atoms with van der Waals surface area (Å²) in [5.41, 5.74) is 1.30. The Morgan fingerprint density at radius 3 is 2.26 bits per heavy atom. The van der Waals surface area contributed by atoms with E-state index in [1.165, 1.54) is 45.4 Å². The van der Waals surface area contributed by atoms with Gasteiger partial charge in [0, 0.05) is 37.3 Å². The molecule has 0 bridgehead atoms. The van der Waals surface area contributed by atoms with Crippen molar-refractivity contribution in [3.8, 4) is 0 Å². The number of hydrogen-bond donors (Lipinski definition) is 3. The summed E-state index contributed by atoms with van der Waals surface area (Å²) in [5, 5.41) is 9.15.